The molecule has 0 radical (unpaired) electrons. The van der Waals surface area contributed by atoms with Gasteiger partial charge in [0.05, 0.1) is 0 Å². The second-order valence-corrected chi connectivity index (χ2v) is 10.6. The predicted octanol–water partition coefficient (Wildman–Crippen LogP) is 6.42. The molecule has 2 atom stereocenters. The molecule has 4 heteroatoms. The molecule has 0 aliphatic carbocycles. The summed E-state index contributed by atoms with van der Waals surface area (Å²) in [5.74, 6) is 0.774. The lowest BCUT2D eigenvalue weighted by Gasteiger charge is -2.22. The summed E-state index contributed by atoms with van der Waals surface area (Å²) in [6.07, 6.45) is 2.64. The maximum atomic E-state index is 12.2. The summed E-state index contributed by atoms with van der Waals surface area (Å²) in [6, 6.07) is 6.72. The molecule has 0 bridgehead atoms. The summed E-state index contributed by atoms with van der Waals surface area (Å²) in [7, 11) is 0. The van der Waals surface area contributed by atoms with Gasteiger partial charge in [0.2, 0.25) is 0 Å². The standard InChI is InChI=1S/C24H38O4/c1-17(15-23(3,4)5)12-21(25)27-19-10-9-11-20(14-19)28-22(26)13-18(2)16-24(6,7)8/h9-11,14,17-18H,12-13,15-16H2,1-8H3. The number of rotatable bonds is 8. The Morgan fingerprint density at radius 1 is 0.786 bits per heavy atom. The molecule has 1 aromatic rings. The number of benzene rings is 1. The van der Waals surface area contributed by atoms with Crippen LogP contribution < -0.4 is 9.47 Å². The lowest BCUT2D eigenvalue weighted by Crippen LogP contribution is -2.18. The first-order valence-corrected chi connectivity index (χ1v) is 10.2. The molecule has 1 rings (SSSR count). The van der Waals surface area contributed by atoms with Crippen LogP contribution in [-0.2, 0) is 9.59 Å². The van der Waals surface area contributed by atoms with Crippen LogP contribution in [0.1, 0.15) is 81.1 Å². The van der Waals surface area contributed by atoms with Gasteiger partial charge in [0, 0.05) is 18.9 Å². The zero-order chi connectivity index (χ0) is 21.5. The lowest BCUT2D eigenvalue weighted by molar-refractivity contribution is -0.136. The molecule has 0 aromatic heterocycles. The molecule has 0 aliphatic heterocycles. The van der Waals surface area contributed by atoms with E-state index in [0.29, 0.717) is 24.3 Å². The summed E-state index contributed by atoms with van der Waals surface area (Å²) in [5.41, 5.74) is 0.357. The average Bonchev–Trinajstić information content (AvgIpc) is 2.42. The van der Waals surface area contributed by atoms with Crippen molar-refractivity contribution in [1.82, 2.24) is 0 Å². The fourth-order valence-corrected chi connectivity index (χ4v) is 3.75. The minimum atomic E-state index is -0.265. The molecular weight excluding hydrogens is 352 g/mol. The van der Waals surface area contributed by atoms with Crippen LogP contribution in [0.5, 0.6) is 11.5 Å². The smallest absolute Gasteiger partial charge is 0.311 e. The molecule has 1 aromatic carbocycles. The van der Waals surface area contributed by atoms with E-state index in [1.165, 1.54) is 0 Å². The van der Waals surface area contributed by atoms with Gasteiger partial charge in [-0.2, -0.15) is 0 Å². The normalized spacial score (nSPS) is 14.3. The van der Waals surface area contributed by atoms with Crippen LogP contribution in [-0.4, -0.2) is 11.9 Å². The SMILES string of the molecule is CC(CC(=O)Oc1cccc(OC(=O)CC(C)CC(C)(C)C)c1)CC(C)(C)C. The van der Waals surface area contributed by atoms with Crippen LogP contribution in [0, 0.1) is 22.7 Å². The average molecular weight is 391 g/mol. The Morgan fingerprint density at radius 2 is 1.14 bits per heavy atom. The van der Waals surface area contributed by atoms with E-state index in [9.17, 15) is 9.59 Å². The number of hydrogen-bond donors (Lipinski definition) is 0. The van der Waals surface area contributed by atoms with Gasteiger partial charge < -0.3 is 9.47 Å². The van der Waals surface area contributed by atoms with Crippen LogP contribution in [0.4, 0.5) is 0 Å². The fourth-order valence-electron chi connectivity index (χ4n) is 3.75. The van der Waals surface area contributed by atoms with Crippen LogP contribution in [0.15, 0.2) is 24.3 Å². The van der Waals surface area contributed by atoms with Gasteiger partial charge in [-0.25, -0.2) is 0 Å². The molecule has 28 heavy (non-hydrogen) atoms. The third-order valence-electron chi connectivity index (χ3n) is 4.22. The number of esters is 2. The molecule has 158 valence electrons. The topological polar surface area (TPSA) is 52.6 Å². The van der Waals surface area contributed by atoms with Crippen molar-refractivity contribution in [2.24, 2.45) is 22.7 Å². The molecule has 4 nitrogen and oxygen atoms in total. The zero-order valence-electron chi connectivity index (χ0n) is 18.9. The molecule has 0 N–H and O–H groups in total. The molecular formula is C24H38O4. The quantitative estimate of drug-likeness (QED) is 0.379. The minimum Gasteiger partial charge on any atom is -0.426 e. The third kappa shape index (κ3) is 11.1. The van der Waals surface area contributed by atoms with Crippen LogP contribution in [0.3, 0.4) is 0 Å². The van der Waals surface area contributed by atoms with Crippen molar-refractivity contribution in [3.05, 3.63) is 24.3 Å². The Hall–Kier alpha value is -1.84. The number of hydrogen-bond acceptors (Lipinski definition) is 4. The predicted molar refractivity (Wildman–Crippen MR) is 113 cm³/mol. The second-order valence-electron chi connectivity index (χ2n) is 10.6. The highest BCUT2D eigenvalue weighted by atomic mass is 16.5. The Balaban J connectivity index is 2.57. The molecule has 2 unspecified atom stereocenters. The van der Waals surface area contributed by atoms with Crippen molar-refractivity contribution < 1.29 is 19.1 Å². The van der Waals surface area contributed by atoms with Crippen molar-refractivity contribution in [1.29, 1.82) is 0 Å². The van der Waals surface area contributed by atoms with E-state index < -0.39 is 0 Å². The van der Waals surface area contributed by atoms with Gasteiger partial charge >= 0.3 is 11.9 Å². The van der Waals surface area contributed by atoms with Gasteiger partial charge in [0.15, 0.2) is 0 Å². The third-order valence-corrected chi connectivity index (χ3v) is 4.22. The maximum absolute atomic E-state index is 12.2. The molecule has 0 spiro atoms. The molecule has 0 saturated carbocycles. The Kier molecular flexibility index (Phi) is 8.72. The summed E-state index contributed by atoms with van der Waals surface area (Å²) in [4.78, 5) is 24.4. The van der Waals surface area contributed by atoms with Gasteiger partial charge in [0.1, 0.15) is 11.5 Å². The first kappa shape index (κ1) is 24.2. The van der Waals surface area contributed by atoms with Gasteiger partial charge in [0.25, 0.3) is 0 Å². The van der Waals surface area contributed by atoms with Crippen molar-refractivity contribution in [3.8, 4) is 11.5 Å². The number of carbonyl (C=O) groups is 2. The molecule has 0 saturated heterocycles. The van der Waals surface area contributed by atoms with E-state index in [1.54, 1.807) is 24.3 Å². The largest absolute Gasteiger partial charge is 0.426 e. The van der Waals surface area contributed by atoms with E-state index in [1.807, 2.05) is 0 Å². The monoisotopic (exact) mass is 390 g/mol. The first-order chi connectivity index (χ1) is 12.7. The number of carbonyl (C=O) groups excluding carboxylic acids is 2. The van der Waals surface area contributed by atoms with Crippen molar-refractivity contribution >= 4 is 11.9 Å². The van der Waals surface area contributed by atoms with E-state index in [4.69, 9.17) is 9.47 Å². The Bertz CT molecular complexity index is 596. The number of ether oxygens (including phenoxy) is 2. The summed E-state index contributed by atoms with van der Waals surface area (Å²) >= 11 is 0. The summed E-state index contributed by atoms with van der Waals surface area (Å²) in [6.45, 7) is 17.1. The summed E-state index contributed by atoms with van der Waals surface area (Å²) < 4.78 is 10.9. The van der Waals surface area contributed by atoms with Gasteiger partial charge in [-0.05, 0) is 47.6 Å². The highest BCUT2D eigenvalue weighted by Gasteiger charge is 2.20. The fraction of sp³-hybridized carbons (Fsp3) is 0.667. The minimum absolute atomic E-state index is 0.179. The van der Waals surface area contributed by atoms with E-state index in [2.05, 4.69) is 55.4 Å². The highest BCUT2D eigenvalue weighted by Crippen LogP contribution is 2.28. The van der Waals surface area contributed by atoms with E-state index in [-0.39, 0.29) is 34.6 Å². The Morgan fingerprint density at radius 3 is 1.46 bits per heavy atom. The molecule has 0 fully saturated rings. The van der Waals surface area contributed by atoms with Gasteiger partial charge in [-0.15, -0.1) is 0 Å². The summed E-state index contributed by atoms with van der Waals surface area (Å²) in [5, 5.41) is 0. The van der Waals surface area contributed by atoms with Gasteiger partial charge in [-0.1, -0.05) is 61.5 Å². The molecule has 0 amide bonds. The van der Waals surface area contributed by atoms with Crippen LogP contribution in [0.25, 0.3) is 0 Å². The van der Waals surface area contributed by atoms with E-state index in [0.717, 1.165) is 12.8 Å². The lowest BCUT2D eigenvalue weighted by atomic mass is 9.84. The van der Waals surface area contributed by atoms with Crippen molar-refractivity contribution in [3.63, 3.8) is 0 Å². The Labute approximate surface area is 171 Å². The molecule has 0 heterocycles. The van der Waals surface area contributed by atoms with Crippen LogP contribution in [0.2, 0.25) is 0 Å². The van der Waals surface area contributed by atoms with Gasteiger partial charge in [-0.3, -0.25) is 9.59 Å². The van der Waals surface area contributed by atoms with Crippen molar-refractivity contribution in [2.45, 2.75) is 81.1 Å². The van der Waals surface area contributed by atoms with Crippen molar-refractivity contribution in [2.75, 3.05) is 0 Å². The zero-order valence-corrected chi connectivity index (χ0v) is 18.9. The first-order valence-electron chi connectivity index (χ1n) is 10.2. The van der Waals surface area contributed by atoms with E-state index >= 15 is 0 Å². The highest BCUT2D eigenvalue weighted by molar-refractivity contribution is 5.74. The molecule has 0 aliphatic rings. The van der Waals surface area contributed by atoms with Crippen LogP contribution >= 0.6 is 0 Å². The second kappa shape index (κ2) is 10.1. The maximum Gasteiger partial charge on any atom is 0.311 e.